The molecule has 1 aromatic heterocycles. The Balaban J connectivity index is 1.98. The van der Waals surface area contributed by atoms with Gasteiger partial charge in [-0.25, -0.2) is 9.97 Å². The Morgan fingerprint density at radius 1 is 1.32 bits per heavy atom. The van der Waals surface area contributed by atoms with Gasteiger partial charge >= 0.3 is 0 Å². The monoisotopic (exact) mass is 329 g/mol. The Labute approximate surface area is 121 Å². The van der Waals surface area contributed by atoms with Crippen molar-refractivity contribution in [2.75, 3.05) is 43.4 Å². The van der Waals surface area contributed by atoms with E-state index in [1.165, 1.54) is 6.33 Å². The fourth-order valence-corrected chi connectivity index (χ4v) is 2.71. The van der Waals surface area contributed by atoms with Crippen LogP contribution in [0.4, 0.5) is 11.6 Å². The molecule has 0 saturated carbocycles. The second-order valence-electron chi connectivity index (χ2n) is 5.47. The van der Waals surface area contributed by atoms with Crippen molar-refractivity contribution in [3.8, 4) is 0 Å². The van der Waals surface area contributed by atoms with Crippen molar-refractivity contribution in [1.82, 2.24) is 14.9 Å². The fourth-order valence-electron chi connectivity index (χ4n) is 2.26. The van der Waals surface area contributed by atoms with Gasteiger partial charge in [-0.05, 0) is 29.8 Å². The van der Waals surface area contributed by atoms with Crippen LogP contribution in [-0.2, 0) is 0 Å². The molecule has 0 unspecified atom stereocenters. The highest BCUT2D eigenvalue weighted by atomic mass is 79.9. The Morgan fingerprint density at radius 3 is 2.53 bits per heavy atom. The first-order valence-corrected chi connectivity index (χ1v) is 7.12. The highest BCUT2D eigenvalue weighted by Gasteiger charge is 2.24. The fraction of sp³-hybridized carbons (Fsp3) is 0.667. The molecule has 0 radical (unpaired) electrons. The third-order valence-electron chi connectivity index (χ3n) is 3.08. The number of piperazine rings is 1. The van der Waals surface area contributed by atoms with E-state index >= 15 is 0 Å². The van der Waals surface area contributed by atoms with Crippen LogP contribution in [-0.4, -0.2) is 58.3 Å². The molecule has 0 amide bonds. The molecule has 2 heterocycles. The number of rotatable bonds is 3. The number of nitrogens with zero attached hydrogens (tertiary/aromatic N) is 4. The molecule has 0 bridgehead atoms. The summed E-state index contributed by atoms with van der Waals surface area (Å²) >= 11 is 3.43. The van der Waals surface area contributed by atoms with Gasteiger partial charge in [-0.15, -0.1) is 0 Å². The van der Waals surface area contributed by atoms with Crippen LogP contribution in [0.5, 0.6) is 0 Å². The maximum atomic E-state index is 9.83. The number of aliphatic hydroxyl groups is 1. The molecule has 2 rings (SSSR count). The van der Waals surface area contributed by atoms with E-state index in [4.69, 9.17) is 5.73 Å². The van der Waals surface area contributed by atoms with Crippen molar-refractivity contribution in [2.45, 2.75) is 19.4 Å². The minimum Gasteiger partial charge on any atom is -0.389 e. The van der Waals surface area contributed by atoms with Gasteiger partial charge in [-0.3, -0.25) is 4.90 Å². The summed E-state index contributed by atoms with van der Waals surface area (Å²) in [6.07, 6.45) is 1.48. The van der Waals surface area contributed by atoms with E-state index < -0.39 is 5.60 Å². The largest absolute Gasteiger partial charge is 0.389 e. The standard InChI is InChI=1S/C12H20BrN5O/c1-12(2,19)7-17-3-5-18(6-4-17)11-9(13)10(14)15-8-16-11/h8,19H,3-7H2,1-2H3,(H2,14,15,16). The molecule has 1 aromatic rings. The minimum absolute atomic E-state index is 0.462. The Morgan fingerprint density at radius 2 is 1.95 bits per heavy atom. The van der Waals surface area contributed by atoms with Crippen molar-refractivity contribution in [3.05, 3.63) is 10.8 Å². The number of anilines is 2. The molecule has 1 aliphatic heterocycles. The number of nitrogens with two attached hydrogens (primary N) is 1. The maximum Gasteiger partial charge on any atom is 0.148 e. The van der Waals surface area contributed by atoms with E-state index in [-0.39, 0.29) is 0 Å². The summed E-state index contributed by atoms with van der Waals surface area (Å²) in [5, 5.41) is 9.83. The van der Waals surface area contributed by atoms with Crippen molar-refractivity contribution >= 4 is 27.6 Å². The molecule has 106 valence electrons. The van der Waals surface area contributed by atoms with Crippen LogP contribution in [0.1, 0.15) is 13.8 Å². The number of aromatic nitrogens is 2. The zero-order chi connectivity index (χ0) is 14.0. The number of halogens is 1. The molecule has 0 aromatic carbocycles. The maximum absolute atomic E-state index is 9.83. The van der Waals surface area contributed by atoms with E-state index in [1.807, 2.05) is 13.8 Å². The van der Waals surface area contributed by atoms with Gasteiger partial charge in [-0.2, -0.15) is 0 Å². The molecule has 0 spiro atoms. The van der Waals surface area contributed by atoms with Gasteiger partial charge in [0.25, 0.3) is 0 Å². The molecule has 7 heteroatoms. The quantitative estimate of drug-likeness (QED) is 0.850. The number of hydrogen-bond acceptors (Lipinski definition) is 6. The molecule has 6 nitrogen and oxygen atoms in total. The molecule has 0 aliphatic carbocycles. The smallest absolute Gasteiger partial charge is 0.148 e. The van der Waals surface area contributed by atoms with E-state index in [1.54, 1.807) is 0 Å². The Bertz CT molecular complexity index is 440. The first-order valence-electron chi connectivity index (χ1n) is 6.32. The third kappa shape index (κ3) is 3.77. The summed E-state index contributed by atoms with van der Waals surface area (Å²) in [7, 11) is 0. The topological polar surface area (TPSA) is 78.5 Å². The van der Waals surface area contributed by atoms with Crippen LogP contribution in [0.2, 0.25) is 0 Å². The van der Waals surface area contributed by atoms with Crippen molar-refractivity contribution < 1.29 is 5.11 Å². The summed E-state index contributed by atoms with van der Waals surface area (Å²) in [6, 6.07) is 0. The van der Waals surface area contributed by atoms with Crippen LogP contribution >= 0.6 is 15.9 Å². The summed E-state index contributed by atoms with van der Waals surface area (Å²) < 4.78 is 0.755. The lowest BCUT2D eigenvalue weighted by atomic mass is 10.1. The van der Waals surface area contributed by atoms with Crippen molar-refractivity contribution in [1.29, 1.82) is 0 Å². The summed E-state index contributed by atoms with van der Waals surface area (Å²) in [6.45, 7) is 7.90. The molecular weight excluding hydrogens is 310 g/mol. The van der Waals surface area contributed by atoms with Crippen LogP contribution < -0.4 is 10.6 Å². The highest BCUT2D eigenvalue weighted by molar-refractivity contribution is 9.10. The van der Waals surface area contributed by atoms with E-state index in [0.717, 1.165) is 36.5 Å². The molecule has 0 atom stereocenters. The highest BCUT2D eigenvalue weighted by Crippen LogP contribution is 2.28. The average molecular weight is 330 g/mol. The molecule has 19 heavy (non-hydrogen) atoms. The van der Waals surface area contributed by atoms with E-state index in [0.29, 0.717) is 12.4 Å². The molecular formula is C12H20BrN5O. The second-order valence-corrected chi connectivity index (χ2v) is 6.27. The van der Waals surface area contributed by atoms with Crippen LogP contribution in [0, 0.1) is 0 Å². The lowest BCUT2D eigenvalue weighted by Crippen LogP contribution is -2.50. The van der Waals surface area contributed by atoms with Gasteiger partial charge < -0.3 is 15.7 Å². The predicted octanol–water partition coefficient (Wildman–Crippen LogP) is 0.714. The first kappa shape index (κ1) is 14.5. The van der Waals surface area contributed by atoms with Crippen LogP contribution in [0.3, 0.4) is 0 Å². The Hall–Kier alpha value is -0.920. The van der Waals surface area contributed by atoms with E-state index in [9.17, 15) is 5.11 Å². The van der Waals surface area contributed by atoms with Gasteiger partial charge in [0.15, 0.2) is 0 Å². The molecule has 3 N–H and O–H groups in total. The molecule has 1 aliphatic rings. The number of nitrogen functional groups attached to an aromatic ring is 1. The van der Waals surface area contributed by atoms with Gasteiger partial charge in [0.05, 0.1) is 5.60 Å². The summed E-state index contributed by atoms with van der Waals surface area (Å²) in [5.74, 6) is 1.30. The minimum atomic E-state index is -0.651. The average Bonchev–Trinajstić information content (AvgIpc) is 2.32. The second kappa shape index (κ2) is 5.60. The predicted molar refractivity (Wildman–Crippen MR) is 79.1 cm³/mol. The van der Waals surface area contributed by atoms with Crippen molar-refractivity contribution in [2.24, 2.45) is 0 Å². The third-order valence-corrected chi connectivity index (χ3v) is 3.84. The zero-order valence-corrected chi connectivity index (χ0v) is 12.9. The van der Waals surface area contributed by atoms with Crippen molar-refractivity contribution in [3.63, 3.8) is 0 Å². The molecule has 1 saturated heterocycles. The number of hydrogen-bond donors (Lipinski definition) is 2. The van der Waals surface area contributed by atoms with Crippen LogP contribution in [0.15, 0.2) is 10.8 Å². The first-order chi connectivity index (χ1) is 8.87. The SMILES string of the molecule is CC(C)(O)CN1CCN(c2ncnc(N)c2Br)CC1. The van der Waals surface area contributed by atoms with Crippen LogP contribution in [0.25, 0.3) is 0 Å². The summed E-state index contributed by atoms with van der Waals surface area (Å²) in [4.78, 5) is 12.7. The lowest BCUT2D eigenvalue weighted by Gasteiger charge is -2.38. The van der Waals surface area contributed by atoms with Gasteiger partial charge in [0.1, 0.15) is 22.4 Å². The Kier molecular flexibility index (Phi) is 4.27. The van der Waals surface area contributed by atoms with Gasteiger partial charge in [0, 0.05) is 32.7 Å². The summed E-state index contributed by atoms with van der Waals surface area (Å²) in [5.41, 5.74) is 5.12. The lowest BCUT2D eigenvalue weighted by molar-refractivity contribution is 0.0344. The van der Waals surface area contributed by atoms with E-state index in [2.05, 4.69) is 35.7 Å². The zero-order valence-electron chi connectivity index (χ0n) is 11.3. The normalized spacial score (nSPS) is 17.8. The number of β-amino-alcohol motifs (C(OH)–C–C–N with tert-alkyl or cyclic N) is 1. The van der Waals surface area contributed by atoms with Gasteiger partial charge in [0.2, 0.25) is 0 Å². The van der Waals surface area contributed by atoms with Gasteiger partial charge in [-0.1, -0.05) is 0 Å². The molecule has 1 fully saturated rings.